The topological polar surface area (TPSA) is 46.3 Å². The fraction of sp³-hybridized carbons (Fsp3) is 0.643. The highest BCUT2D eigenvalue weighted by Gasteiger charge is 2.38. The molecule has 2 rings (SSSR count). The number of carbonyl (C=O) groups excluding carboxylic acids is 1. The first-order valence-corrected chi connectivity index (χ1v) is 7.41. The van der Waals surface area contributed by atoms with Gasteiger partial charge < -0.3 is 10.6 Å². The van der Waals surface area contributed by atoms with Crippen molar-refractivity contribution in [3.8, 4) is 0 Å². The zero-order valence-electron chi connectivity index (χ0n) is 11.2. The standard InChI is InChI=1S/C14H22N2OS/c1-11-4-7-18-12(11)9-16(2)13(17)8-14(10-15)5-3-6-14/h4,7H,3,5-6,8-10,15H2,1-2H3. The number of hydrogen-bond acceptors (Lipinski definition) is 3. The van der Waals surface area contributed by atoms with Crippen molar-refractivity contribution < 1.29 is 4.79 Å². The number of carbonyl (C=O) groups is 1. The number of hydrogen-bond donors (Lipinski definition) is 1. The minimum atomic E-state index is 0.107. The van der Waals surface area contributed by atoms with E-state index in [1.807, 2.05) is 11.9 Å². The third kappa shape index (κ3) is 2.75. The van der Waals surface area contributed by atoms with Crippen LogP contribution in [0.3, 0.4) is 0 Å². The molecule has 0 bridgehead atoms. The lowest BCUT2D eigenvalue weighted by Crippen LogP contribution is -2.42. The van der Waals surface area contributed by atoms with Crippen LogP contribution in [0.1, 0.15) is 36.1 Å². The lowest BCUT2D eigenvalue weighted by atomic mass is 9.66. The highest BCUT2D eigenvalue weighted by Crippen LogP contribution is 2.43. The Bertz CT molecular complexity index is 418. The number of amides is 1. The van der Waals surface area contributed by atoms with Gasteiger partial charge >= 0.3 is 0 Å². The molecule has 0 spiro atoms. The fourth-order valence-electron chi connectivity index (χ4n) is 2.46. The SMILES string of the molecule is Cc1ccsc1CN(C)C(=O)CC1(CN)CCC1. The van der Waals surface area contributed by atoms with E-state index < -0.39 is 0 Å². The van der Waals surface area contributed by atoms with E-state index in [2.05, 4.69) is 18.4 Å². The molecule has 1 aliphatic carbocycles. The number of thiophene rings is 1. The van der Waals surface area contributed by atoms with Gasteiger partial charge in [0.1, 0.15) is 0 Å². The van der Waals surface area contributed by atoms with Crippen LogP contribution in [0, 0.1) is 12.3 Å². The molecule has 2 N–H and O–H groups in total. The lowest BCUT2D eigenvalue weighted by Gasteiger charge is -2.41. The molecule has 18 heavy (non-hydrogen) atoms. The Morgan fingerprint density at radius 2 is 2.28 bits per heavy atom. The Labute approximate surface area is 113 Å². The Morgan fingerprint density at radius 3 is 2.72 bits per heavy atom. The normalized spacial score (nSPS) is 17.3. The monoisotopic (exact) mass is 266 g/mol. The van der Waals surface area contributed by atoms with Gasteiger partial charge in [-0.2, -0.15) is 0 Å². The molecule has 1 heterocycles. The van der Waals surface area contributed by atoms with E-state index in [0.29, 0.717) is 13.0 Å². The smallest absolute Gasteiger partial charge is 0.223 e. The molecular formula is C14H22N2OS. The summed E-state index contributed by atoms with van der Waals surface area (Å²) in [6.07, 6.45) is 4.06. The van der Waals surface area contributed by atoms with Crippen molar-refractivity contribution in [1.82, 2.24) is 4.90 Å². The summed E-state index contributed by atoms with van der Waals surface area (Å²) < 4.78 is 0. The Balaban J connectivity index is 1.91. The second-order valence-corrected chi connectivity index (χ2v) is 6.51. The molecule has 1 aromatic heterocycles. The van der Waals surface area contributed by atoms with Gasteiger partial charge in [0, 0.05) is 18.3 Å². The zero-order valence-corrected chi connectivity index (χ0v) is 12.1. The molecule has 4 heteroatoms. The molecule has 1 amide bonds. The van der Waals surface area contributed by atoms with Gasteiger partial charge in [-0.3, -0.25) is 4.79 Å². The minimum Gasteiger partial charge on any atom is -0.341 e. The maximum atomic E-state index is 12.2. The highest BCUT2D eigenvalue weighted by molar-refractivity contribution is 7.10. The fourth-order valence-corrected chi connectivity index (χ4v) is 3.41. The molecule has 1 aliphatic rings. The number of nitrogens with two attached hydrogens (primary N) is 1. The largest absolute Gasteiger partial charge is 0.341 e. The highest BCUT2D eigenvalue weighted by atomic mass is 32.1. The number of nitrogens with zero attached hydrogens (tertiary/aromatic N) is 1. The van der Waals surface area contributed by atoms with Gasteiger partial charge in [-0.05, 0) is 48.7 Å². The van der Waals surface area contributed by atoms with Crippen LogP contribution in [0.25, 0.3) is 0 Å². The van der Waals surface area contributed by atoms with Gasteiger partial charge in [0.05, 0.1) is 6.54 Å². The maximum absolute atomic E-state index is 12.2. The molecule has 0 atom stereocenters. The second kappa shape index (κ2) is 5.41. The van der Waals surface area contributed by atoms with E-state index in [4.69, 9.17) is 5.73 Å². The van der Waals surface area contributed by atoms with E-state index in [1.54, 1.807) is 11.3 Å². The van der Waals surface area contributed by atoms with Crippen LogP contribution in [0.15, 0.2) is 11.4 Å². The molecular weight excluding hydrogens is 244 g/mol. The van der Waals surface area contributed by atoms with E-state index in [9.17, 15) is 4.79 Å². The molecule has 1 fully saturated rings. The van der Waals surface area contributed by atoms with Crippen LogP contribution >= 0.6 is 11.3 Å². The molecule has 1 aromatic rings. The summed E-state index contributed by atoms with van der Waals surface area (Å²) in [6, 6.07) is 2.10. The summed E-state index contributed by atoms with van der Waals surface area (Å²) in [6.45, 7) is 3.46. The zero-order chi connectivity index (χ0) is 13.2. The molecule has 0 aromatic carbocycles. The average molecular weight is 266 g/mol. The molecule has 0 unspecified atom stereocenters. The van der Waals surface area contributed by atoms with Crippen LogP contribution in [-0.4, -0.2) is 24.4 Å². The second-order valence-electron chi connectivity index (χ2n) is 5.51. The van der Waals surface area contributed by atoms with Crippen LogP contribution in [-0.2, 0) is 11.3 Å². The summed E-state index contributed by atoms with van der Waals surface area (Å²) in [7, 11) is 1.89. The van der Waals surface area contributed by atoms with Crippen LogP contribution in [0.4, 0.5) is 0 Å². The summed E-state index contributed by atoms with van der Waals surface area (Å²) >= 11 is 1.72. The Kier molecular flexibility index (Phi) is 4.07. The maximum Gasteiger partial charge on any atom is 0.223 e. The third-order valence-electron chi connectivity index (χ3n) is 4.15. The van der Waals surface area contributed by atoms with E-state index in [1.165, 1.54) is 16.9 Å². The number of rotatable bonds is 5. The van der Waals surface area contributed by atoms with Crippen molar-refractivity contribution in [2.45, 2.75) is 39.2 Å². The first-order valence-electron chi connectivity index (χ1n) is 6.53. The average Bonchev–Trinajstić information content (AvgIpc) is 2.69. The summed E-state index contributed by atoms with van der Waals surface area (Å²) in [5, 5.41) is 2.08. The van der Waals surface area contributed by atoms with Crippen molar-refractivity contribution in [2.24, 2.45) is 11.1 Å². The van der Waals surface area contributed by atoms with Gasteiger partial charge in [0.15, 0.2) is 0 Å². The van der Waals surface area contributed by atoms with Gasteiger partial charge in [0.2, 0.25) is 5.91 Å². The van der Waals surface area contributed by atoms with Gasteiger partial charge in [-0.25, -0.2) is 0 Å². The van der Waals surface area contributed by atoms with E-state index in [-0.39, 0.29) is 11.3 Å². The van der Waals surface area contributed by atoms with E-state index >= 15 is 0 Å². The van der Waals surface area contributed by atoms with Crippen molar-refractivity contribution >= 4 is 17.2 Å². The Morgan fingerprint density at radius 1 is 1.56 bits per heavy atom. The van der Waals surface area contributed by atoms with Crippen molar-refractivity contribution in [1.29, 1.82) is 0 Å². The first kappa shape index (κ1) is 13.6. The molecule has 3 nitrogen and oxygen atoms in total. The molecule has 1 saturated carbocycles. The number of aryl methyl sites for hydroxylation is 1. The van der Waals surface area contributed by atoms with Crippen LogP contribution in [0.2, 0.25) is 0 Å². The predicted octanol–water partition coefficient (Wildman–Crippen LogP) is 2.53. The molecule has 0 radical (unpaired) electrons. The van der Waals surface area contributed by atoms with Gasteiger partial charge in [0.25, 0.3) is 0 Å². The van der Waals surface area contributed by atoms with Crippen LogP contribution < -0.4 is 5.73 Å². The lowest BCUT2D eigenvalue weighted by molar-refractivity contribution is -0.134. The van der Waals surface area contributed by atoms with Crippen molar-refractivity contribution in [2.75, 3.05) is 13.6 Å². The predicted molar refractivity (Wildman–Crippen MR) is 75.5 cm³/mol. The Hall–Kier alpha value is -0.870. The quantitative estimate of drug-likeness (QED) is 0.890. The van der Waals surface area contributed by atoms with Gasteiger partial charge in [-0.15, -0.1) is 11.3 Å². The van der Waals surface area contributed by atoms with Crippen LogP contribution in [0.5, 0.6) is 0 Å². The molecule has 0 saturated heterocycles. The summed E-state index contributed by atoms with van der Waals surface area (Å²) in [5.41, 5.74) is 7.19. The summed E-state index contributed by atoms with van der Waals surface area (Å²) in [4.78, 5) is 15.3. The molecule has 0 aliphatic heterocycles. The van der Waals surface area contributed by atoms with E-state index in [0.717, 1.165) is 19.4 Å². The minimum absolute atomic E-state index is 0.107. The van der Waals surface area contributed by atoms with Gasteiger partial charge in [-0.1, -0.05) is 6.42 Å². The van der Waals surface area contributed by atoms with Crippen molar-refractivity contribution in [3.63, 3.8) is 0 Å². The van der Waals surface area contributed by atoms with Crippen molar-refractivity contribution in [3.05, 3.63) is 21.9 Å². The summed E-state index contributed by atoms with van der Waals surface area (Å²) in [5.74, 6) is 0.230. The molecule has 100 valence electrons. The first-order chi connectivity index (χ1) is 8.56. The third-order valence-corrected chi connectivity index (χ3v) is 5.16.